The van der Waals surface area contributed by atoms with Crippen molar-refractivity contribution in [1.82, 2.24) is 0 Å². The van der Waals surface area contributed by atoms with Gasteiger partial charge in [0, 0.05) is 8.47 Å². The Morgan fingerprint density at radius 1 is 1.62 bits per heavy atom. The van der Waals surface area contributed by atoms with Crippen LogP contribution in [-0.4, -0.2) is 16.8 Å². The van der Waals surface area contributed by atoms with Crippen molar-refractivity contribution in [2.24, 2.45) is 0 Å². The predicted molar refractivity (Wildman–Crippen MR) is 62.5 cm³/mol. The maximum absolute atomic E-state index is 10.8. The lowest BCUT2D eigenvalue weighted by Gasteiger charge is -2.04. The van der Waals surface area contributed by atoms with Crippen molar-refractivity contribution in [2.45, 2.75) is 11.8 Å². The van der Waals surface area contributed by atoms with Gasteiger partial charge in [0.25, 0.3) is 0 Å². The van der Waals surface area contributed by atoms with E-state index in [-0.39, 0.29) is 0 Å². The van der Waals surface area contributed by atoms with Gasteiger partial charge < -0.3 is 5.11 Å². The quantitative estimate of drug-likeness (QED) is 0.689. The molecule has 0 aliphatic rings. The molecule has 0 fully saturated rings. The molecule has 1 rings (SSSR count). The number of aromatic carboxylic acids is 1. The number of carboxylic acids is 1. The summed E-state index contributed by atoms with van der Waals surface area (Å²) in [6.45, 7) is 2.05. The van der Waals surface area contributed by atoms with E-state index >= 15 is 0 Å². The molecular formula is C9H9IO2S. The number of hydrogen-bond acceptors (Lipinski definition) is 2. The summed E-state index contributed by atoms with van der Waals surface area (Å²) in [6, 6.07) is 5.36. The van der Waals surface area contributed by atoms with Gasteiger partial charge in [-0.2, -0.15) is 0 Å². The van der Waals surface area contributed by atoms with Gasteiger partial charge in [-0.15, -0.1) is 11.8 Å². The molecule has 0 aromatic heterocycles. The molecule has 1 aromatic carbocycles. The predicted octanol–water partition coefficient (Wildman–Crippen LogP) is 3.10. The van der Waals surface area contributed by atoms with Gasteiger partial charge in [-0.25, -0.2) is 4.79 Å². The Hall–Kier alpha value is -0.230. The molecule has 0 amide bonds. The highest BCUT2D eigenvalue weighted by atomic mass is 127. The van der Waals surface area contributed by atoms with E-state index in [2.05, 4.69) is 22.6 Å². The highest BCUT2D eigenvalue weighted by Gasteiger charge is 2.10. The van der Waals surface area contributed by atoms with Gasteiger partial charge >= 0.3 is 5.97 Å². The minimum atomic E-state index is -0.858. The van der Waals surface area contributed by atoms with Gasteiger partial charge in [-0.3, -0.25) is 0 Å². The summed E-state index contributed by atoms with van der Waals surface area (Å²) in [7, 11) is 0. The van der Waals surface area contributed by atoms with Crippen molar-refractivity contribution in [3.05, 3.63) is 27.3 Å². The van der Waals surface area contributed by atoms with Gasteiger partial charge in [0.05, 0.1) is 5.56 Å². The molecule has 0 heterocycles. The van der Waals surface area contributed by atoms with Crippen LogP contribution in [0.1, 0.15) is 17.3 Å². The second-order valence-corrected chi connectivity index (χ2v) is 4.74. The third-order valence-electron chi connectivity index (χ3n) is 1.49. The average molecular weight is 308 g/mol. The molecule has 0 spiro atoms. The van der Waals surface area contributed by atoms with Crippen LogP contribution < -0.4 is 0 Å². The summed E-state index contributed by atoms with van der Waals surface area (Å²) in [5.74, 6) is 0.0990. The Morgan fingerprint density at radius 3 is 2.85 bits per heavy atom. The van der Waals surface area contributed by atoms with Crippen LogP contribution >= 0.6 is 34.4 Å². The fourth-order valence-electron chi connectivity index (χ4n) is 0.943. The lowest BCUT2D eigenvalue weighted by atomic mass is 10.2. The smallest absolute Gasteiger partial charge is 0.336 e. The van der Waals surface area contributed by atoms with E-state index < -0.39 is 5.97 Å². The summed E-state index contributed by atoms with van der Waals surface area (Å²) in [6.07, 6.45) is 0. The normalized spacial score (nSPS) is 10.0. The summed E-state index contributed by atoms with van der Waals surface area (Å²) >= 11 is 3.74. The standard InChI is InChI=1S/C9H9IO2S/c1-2-13-7-5-3-4-6(8(7)10)9(11)12/h3-5H,2H2,1H3,(H,11,12). The molecule has 1 aromatic rings. The van der Waals surface area contributed by atoms with Gasteiger partial charge in [-0.05, 0) is 40.5 Å². The van der Waals surface area contributed by atoms with Gasteiger partial charge in [-0.1, -0.05) is 13.0 Å². The van der Waals surface area contributed by atoms with Crippen LogP contribution in [0.4, 0.5) is 0 Å². The fraction of sp³-hybridized carbons (Fsp3) is 0.222. The molecule has 0 aliphatic carbocycles. The van der Waals surface area contributed by atoms with Crippen LogP contribution in [0.5, 0.6) is 0 Å². The van der Waals surface area contributed by atoms with E-state index in [0.717, 1.165) is 14.2 Å². The molecule has 2 nitrogen and oxygen atoms in total. The summed E-state index contributed by atoms with van der Waals surface area (Å²) in [4.78, 5) is 11.8. The topological polar surface area (TPSA) is 37.3 Å². The zero-order valence-corrected chi connectivity index (χ0v) is 10.1. The lowest BCUT2D eigenvalue weighted by molar-refractivity contribution is 0.0695. The number of thioether (sulfide) groups is 1. The second kappa shape index (κ2) is 4.85. The van der Waals surface area contributed by atoms with Gasteiger partial charge in [0.15, 0.2) is 0 Å². The molecule has 0 radical (unpaired) electrons. The summed E-state index contributed by atoms with van der Waals surface area (Å²) in [5.41, 5.74) is 0.388. The van der Waals surface area contributed by atoms with Crippen molar-refractivity contribution in [1.29, 1.82) is 0 Å². The van der Waals surface area contributed by atoms with E-state index in [1.807, 2.05) is 13.0 Å². The first-order chi connectivity index (χ1) is 6.16. The molecule has 0 saturated carbocycles. The molecule has 70 valence electrons. The highest BCUT2D eigenvalue weighted by molar-refractivity contribution is 14.1. The van der Waals surface area contributed by atoms with Crippen LogP contribution in [-0.2, 0) is 0 Å². The molecule has 0 bridgehead atoms. The van der Waals surface area contributed by atoms with Crippen molar-refractivity contribution in [2.75, 3.05) is 5.75 Å². The molecule has 1 N–H and O–H groups in total. The maximum atomic E-state index is 10.8. The largest absolute Gasteiger partial charge is 0.478 e. The first-order valence-corrected chi connectivity index (χ1v) is 5.87. The number of carbonyl (C=O) groups is 1. The molecule has 4 heteroatoms. The van der Waals surface area contributed by atoms with Crippen molar-refractivity contribution in [3.63, 3.8) is 0 Å². The van der Waals surface area contributed by atoms with Crippen LogP contribution in [0, 0.1) is 3.57 Å². The van der Waals surface area contributed by atoms with Crippen molar-refractivity contribution < 1.29 is 9.90 Å². The zero-order valence-electron chi connectivity index (χ0n) is 7.08. The Labute approximate surface area is 94.9 Å². The lowest BCUT2D eigenvalue weighted by Crippen LogP contribution is -2.00. The molecular weight excluding hydrogens is 299 g/mol. The van der Waals surface area contributed by atoms with E-state index in [1.165, 1.54) is 0 Å². The minimum Gasteiger partial charge on any atom is -0.478 e. The monoisotopic (exact) mass is 308 g/mol. The Kier molecular flexibility index (Phi) is 4.05. The number of halogens is 1. The van der Waals surface area contributed by atoms with Crippen molar-refractivity contribution >= 4 is 40.3 Å². The molecule has 0 saturated heterocycles. The van der Waals surface area contributed by atoms with Gasteiger partial charge in [0.2, 0.25) is 0 Å². The summed E-state index contributed by atoms with van der Waals surface area (Å²) in [5, 5.41) is 8.84. The molecule has 0 aliphatic heterocycles. The maximum Gasteiger partial charge on any atom is 0.336 e. The third kappa shape index (κ3) is 2.60. The van der Waals surface area contributed by atoms with Gasteiger partial charge in [0.1, 0.15) is 0 Å². The van der Waals surface area contributed by atoms with Crippen molar-refractivity contribution in [3.8, 4) is 0 Å². The Morgan fingerprint density at radius 2 is 2.31 bits per heavy atom. The summed E-state index contributed by atoms with van der Waals surface area (Å²) < 4.78 is 0.833. The Bertz CT molecular complexity index is 325. The third-order valence-corrected chi connectivity index (χ3v) is 3.96. The van der Waals surface area contributed by atoms with E-state index in [0.29, 0.717) is 5.56 Å². The van der Waals surface area contributed by atoms with E-state index in [4.69, 9.17) is 5.11 Å². The van der Waals surface area contributed by atoms with Crippen LogP contribution in [0.15, 0.2) is 23.1 Å². The van der Waals surface area contributed by atoms with Crippen LogP contribution in [0.3, 0.4) is 0 Å². The number of benzene rings is 1. The Balaban J connectivity index is 3.10. The van der Waals surface area contributed by atoms with E-state index in [1.54, 1.807) is 23.9 Å². The number of carboxylic acid groups (broad SMARTS) is 1. The SMILES string of the molecule is CCSc1cccc(C(=O)O)c1I. The number of rotatable bonds is 3. The fourth-order valence-corrected chi connectivity index (χ4v) is 2.72. The van der Waals surface area contributed by atoms with E-state index in [9.17, 15) is 4.79 Å². The highest BCUT2D eigenvalue weighted by Crippen LogP contribution is 2.26. The first-order valence-electron chi connectivity index (χ1n) is 3.81. The molecule has 0 atom stereocenters. The van der Waals surface area contributed by atoms with Crippen LogP contribution in [0.2, 0.25) is 0 Å². The minimum absolute atomic E-state index is 0.388. The molecule has 0 unspecified atom stereocenters. The number of hydrogen-bond donors (Lipinski definition) is 1. The second-order valence-electron chi connectivity index (χ2n) is 2.36. The first kappa shape index (κ1) is 10.8. The average Bonchev–Trinajstić information content (AvgIpc) is 2.08. The van der Waals surface area contributed by atoms with Crippen LogP contribution in [0.25, 0.3) is 0 Å². The molecule has 13 heavy (non-hydrogen) atoms. The zero-order chi connectivity index (χ0) is 9.84.